The number of halogens is 1. The van der Waals surface area contributed by atoms with Crippen LogP contribution in [0.4, 0.5) is 0 Å². The summed E-state index contributed by atoms with van der Waals surface area (Å²) in [5.41, 5.74) is 0.366. The molecule has 0 aliphatic heterocycles. The van der Waals surface area contributed by atoms with Gasteiger partial charge in [-0.1, -0.05) is 77.6 Å². The van der Waals surface area contributed by atoms with E-state index in [0.717, 1.165) is 19.3 Å². The van der Waals surface area contributed by atoms with Crippen molar-refractivity contribution >= 4 is 20.4 Å². The van der Waals surface area contributed by atoms with Crippen molar-refractivity contribution in [3.05, 3.63) is 0 Å². The first kappa shape index (κ1) is 25.4. The fourth-order valence-corrected chi connectivity index (χ4v) is 6.40. The Morgan fingerprint density at radius 3 is 1.44 bits per heavy atom. The van der Waals surface area contributed by atoms with E-state index in [-0.39, 0.29) is 0 Å². The Hall–Kier alpha value is 0.387. The Bertz CT molecular complexity index is 267. The van der Waals surface area contributed by atoms with E-state index in [1.165, 1.54) is 70.6 Å². The van der Waals surface area contributed by atoms with Crippen molar-refractivity contribution in [2.75, 3.05) is 27.2 Å². The summed E-state index contributed by atoms with van der Waals surface area (Å²) in [4.78, 5) is 0. The van der Waals surface area contributed by atoms with Crippen LogP contribution in [-0.4, -0.2) is 36.0 Å². The second-order valence-corrected chi connectivity index (χ2v) is 10.7. The van der Waals surface area contributed by atoms with Crippen LogP contribution in [0.1, 0.15) is 96.8 Å². The first-order valence-electron chi connectivity index (χ1n) is 10.4. The molecule has 1 unspecified atom stereocenters. The van der Waals surface area contributed by atoms with Crippen LogP contribution in [-0.2, 0) is 13.3 Å². The predicted molar refractivity (Wildman–Crippen MR) is 112 cm³/mol. The van der Waals surface area contributed by atoms with Crippen LogP contribution < -0.4 is 0 Å². The molecule has 0 aromatic heterocycles. The largest absolute Gasteiger partial charge is 0.503 e. The molecule has 0 bridgehead atoms. The monoisotopic (exact) mass is 394 g/mol. The van der Waals surface area contributed by atoms with Crippen LogP contribution >= 0.6 is 11.6 Å². The van der Waals surface area contributed by atoms with Crippen LogP contribution in [0.15, 0.2) is 0 Å². The topological polar surface area (TPSA) is 27.7 Å². The van der Waals surface area contributed by atoms with E-state index in [0.29, 0.717) is 11.4 Å². The minimum absolute atomic E-state index is 0.366. The molecule has 0 aromatic rings. The minimum Gasteiger partial charge on any atom is -0.377 e. The third-order valence-electron chi connectivity index (χ3n) is 5.20. The van der Waals surface area contributed by atoms with Crippen LogP contribution in [0.2, 0.25) is 5.54 Å². The average molecular weight is 395 g/mol. The molecule has 0 N–H and O–H groups in total. The van der Waals surface area contributed by atoms with Gasteiger partial charge in [-0.3, -0.25) is 0 Å². The van der Waals surface area contributed by atoms with Crippen LogP contribution in [0.25, 0.3) is 0 Å². The fraction of sp³-hybridized carbons (Fsp3) is 1.00. The SMILES string of the molecule is CCCCCCCCCCCCCC(CCCCl)[Si](OC)(OC)OC. The van der Waals surface area contributed by atoms with E-state index in [4.69, 9.17) is 24.9 Å². The van der Waals surface area contributed by atoms with Crippen molar-refractivity contribution in [3.8, 4) is 0 Å². The fourth-order valence-electron chi connectivity index (χ4n) is 3.63. The van der Waals surface area contributed by atoms with Gasteiger partial charge >= 0.3 is 8.80 Å². The zero-order valence-corrected chi connectivity index (χ0v) is 19.0. The molecule has 0 saturated heterocycles. The van der Waals surface area contributed by atoms with Gasteiger partial charge in [0.1, 0.15) is 0 Å². The van der Waals surface area contributed by atoms with Gasteiger partial charge in [0.15, 0.2) is 0 Å². The third kappa shape index (κ3) is 11.7. The van der Waals surface area contributed by atoms with Gasteiger partial charge in [-0.05, 0) is 19.3 Å². The highest BCUT2D eigenvalue weighted by molar-refractivity contribution is 6.62. The van der Waals surface area contributed by atoms with E-state index in [9.17, 15) is 0 Å². The molecule has 0 rings (SSSR count). The normalized spacial score (nSPS) is 13.3. The second kappa shape index (κ2) is 17.8. The Morgan fingerprint density at radius 2 is 1.04 bits per heavy atom. The molecule has 0 heterocycles. The van der Waals surface area contributed by atoms with Crippen molar-refractivity contribution in [2.45, 2.75) is 102 Å². The molecule has 0 radical (unpaired) electrons. The van der Waals surface area contributed by atoms with Gasteiger partial charge in [0.2, 0.25) is 0 Å². The van der Waals surface area contributed by atoms with E-state index >= 15 is 0 Å². The van der Waals surface area contributed by atoms with Gasteiger partial charge in [-0.15, -0.1) is 11.6 Å². The highest BCUT2D eigenvalue weighted by Crippen LogP contribution is 2.34. The number of unbranched alkanes of at least 4 members (excludes halogenated alkanes) is 10. The Balaban J connectivity index is 3.88. The molecule has 0 amide bonds. The van der Waals surface area contributed by atoms with E-state index in [1.807, 2.05) is 0 Å². The molecule has 0 aliphatic rings. The first-order chi connectivity index (χ1) is 12.2. The van der Waals surface area contributed by atoms with Crippen molar-refractivity contribution in [3.63, 3.8) is 0 Å². The quantitative estimate of drug-likeness (QED) is 0.135. The summed E-state index contributed by atoms with van der Waals surface area (Å²) in [5, 5.41) is 0. The summed E-state index contributed by atoms with van der Waals surface area (Å²) in [6.45, 7) is 2.28. The summed E-state index contributed by atoms with van der Waals surface area (Å²) in [7, 11) is 2.61. The maximum absolute atomic E-state index is 5.89. The molecule has 3 nitrogen and oxygen atoms in total. The van der Waals surface area contributed by atoms with E-state index < -0.39 is 8.80 Å². The maximum Gasteiger partial charge on any atom is 0.503 e. The number of rotatable bonds is 19. The molecule has 0 spiro atoms. The molecule has 152 valence electrons. The van der Waals surface area contributed by atoms with Crippen LogP contribution in [0, 0.1) is 0 Å². The van der Waals surface area contributed by atoms with Gasteiger partial charge < -0.3 is 13.3 Å². The number of alkyl halides is 1. The number of hydrogen-bond donors (Lipinski definition) is 0. The lowest BCUT2D eigenvalue weighted by Crippen LogP contribution is -2.47. The summed E-state index contributed by atoms with van der Waals surface area (Å²) < 4.78 is 17.1. The lowest BCUT2D eigenvalue weighted by atomic mass is 10.0. The van der Waals surface area contributed by atoms with Crippen molar-refractivity contribution in [2.24, 2.45) is 0 Å². The van der Waals surface area contributed by atoms with Gasteiger partial charge in [-0.25, -0.2) is 0 Å². The van der Waals surface area contributed by atoms with Crippen LogP contribution in [0.5, 0.6) is 0 Å². The molecule has 0 saturated carbocycles. The predicted octanol–water partition coefficient (Wildman–Crippen LogP) is 6.95. The Kier molecular flexibility index (Phi) is 18.1. The third-order valence-corrected chi connectivity index (χ3v) is 8.75. The number of hydrogen-bond acceptors (Lipinski definition) is 3. The summed E-state index contributed by atoms with van der Waals surface area (Å²) >= 11 is 5.89. The lowest BCUT2D eigenvalue weighted by molar-refractivity contribution is 0.107. The van der Waals surface area contributed by atoms with E-state index in [1.54, 1.807) is 21.3 Å². The zero-order chi connectivity index (χ0) is 18.8. The van der Waals surface area contributed by atoms with Gasteiger partial charge in [0.05, 0.1) is 0 Å². The van der Waals surface area contributed by atoms with E-state index in [2.05, 4.69) is 6.92 Å². The van der Waals surface area contributed by atoms with Crippen LogP contribution in [0.3, 0.4) is 0 Å². The lowest BCUT2D eigenvalue weighted by Gasteiger charge is -2.32. The molecule has 0 aromatic carbocycles. The first-order valence-corrected chi connectivity index (χ1v) is 12.8. The highest BCUT2D eigenvalue weighted by Gasteiger charge is 2.46. The molecule has 25 heavy (non-hydrogen) atoms. The molecular formula is C20H43ClO3Si. The second-order valence-electron chi connectivity index (χ2n) is 7.07. The molecule has 5 heteroatoms. The van der Waals surface area contributed by atoms with Crippen molar-refractivity contribution < 1.29 is 13.3 Å². The highest BCUT2D eigenvalue weighted by atomic mass is 35.5. The zero-order valence-electron chi connectivity index (χ0n) is 17.3. The smallest absolute Gasteiger partial charge is 0.377 e. The Labute approximate surface area is 163 Å². The minimum atomic E-state index is -2.54. The molecule has 0 aliphatic carbocycles. The van der Waals surface area contributed by atoms with Gasteiger partial charge in [-0.2, -0.15) is 0 Å². The molecular weight excluding hydrogens is 352 g/mol. The van der Waals surface area contributed by atoms with Crippen molar-refractivity contribution in [1.82, 2.24) is 0 Å². The molecule has 1 atom stereocenters. The van der Waals surface area contributed by atoms with Gasteiger partial charge in [0, 0.05) is 32.8 Å². The Morgan fingerprint density at radius 1 is 0.640 bits per heavy atom. The van der Waals surface area contributed by atoms with Gasteiger partial charge in [0.25, 0.3) is 0 Å². The average Bonchev–Trinajstić information content (AvgIpc) is 2.65. The molecule has 0 fully saturated rings. The standard InChI is InChI=1S/C20H43ClO3Si/c1-5-6-7-8-9-10-11-12-13-14-15-17-20(18-16-19-21)25(22-2,23-3)24-4/h20H,5-19H2,1-4H3. The summed E-state index contributed by atoms with van der Waals surface area (Å²) in [6.07, 6.45) is 18.2. The maximum atomic E-state index is 5.89. The van der Waals surface area contributed by atoms with Crippen molar-refractivity contribution in [1.29, 1.82) is 0 Å². The summed E-state index contributed by atoms with van der Waals surface area (Å²) in [6, 6.07) is 0. The summed E-state index contributed by atoms with van der Waals surface area (Å²) in [5.74, 6) is 0.691.